The average molecular weight is 427 g/mol. The second-order valence-corrected chi connectivity index (χ2v) is 8.46. The van der Waals surface area contributed by atoms with E-state index in [4.69, 9.17) is 4.74 Å². The molecule has 2 aromatic carbocycles. The second-order valence-electron chi connectivity index (χ2n) is 8.46. The van der Waals surface area contributed by atoms with Crippen molar-refractivity contribution < 1.29 is 19.3 Å². The number of aryl methyl sites for hydroxylation is 1. The van der Waals surface area contributed by atoms with Gasteiger partial charge in [-0.1, -0.05) is 24.6 Å². The Morgan fingerprint density at radius 2 is 1.87 bits per heavy atom. The molecule has 1 aromatic heterocycles. The molecule has 0 spiro atoms. The monoisotopic (exact) mass is 426 g/mol. The summed E-state index contributed by atoms with van der Waals surface area (Å²) in [6.07, 6.45) is 2.32. The Labute approximate surface area is 182 Å². The lowest BCUT2D eigenvalue weighted by molar-refractivity contribution is -0.0163. The maximum absolute atomic E-state index is 13.7. The maximum atomic E-state index is 13.7. The van der Waals surface area contributed by atoms with Gasteiger partial charge in [-0.3, -0.25) is 4.90 Å². The van der Waals surface area contributed by atoms with Gasteiger partial charge in [0, 0.05) is 24.3 Å². The van der Waals surface area contributed by atoms with Gasteiger partial charge in [0.05, 0.1) is 6.10 Å². The normalized spacial score (nSPS) is 21.9. The number of benzene rings is 2. The number of aliphatic hydroxyl groups excluding tert-OH is 2. The average Bonchev–Trinajstić information content (AvgIpc) is 3.17. The number of hydrogen-bond donors (Lipinski definition) is 3. The predicted octanol–water partition coefficient (Wildman–Crippen LogP) is 4.03. The van der Waals surface area contributed by atoms with Crippen LogP contribution in [-0.4, -0.2) is 52.0 Å². The number of rotatable bonds is 2. The van der Waals surface area contributed by atoms with Gasteiger partial charge in [-0.25, -0.2) is 4.39 Å². The molecule has 3 N–H and O–H groups in total. The SMILES string of the molecule is O[C@@H]1COc2ccc(F)cc2CCCCCN(Cc2cc3ccccc3[nH]2)CC[C@@H]1O. The molecule has 1 aliphatic rings. The smallest absolute Gasteiger partial charge is 0.123 e. The van der Waals surface area contributed by atoms with Gasteiger partial charge in [0.2, 0.25) is 0 Å². The third-order valence-corrected chi connectivity index (χ3v) is 6.02. The van der Waals surface area contributed by atoms with Gasteiger partial charge in [-0.05, 0) is 73.5 Å². The van der Waals surface area contributed by atoms with E-state index in [-0.39, 0.29) is 12.4 Å². The van der Waals surface area contributed by atoms with Crippen LogP contribution in [0.15, 0.2) is 48.5 Å². The number of halogens is 1. The number of aromatic amines is 1. The highest BCUT2D eigenvalue weighted by Crippen LogP contribution is 2.23. The Bertz CT molecular complexity index is 957. The Kier molecular flexibility index (Phi) is 7.22. The highest BCUT2D eigenvalue weighted by Gasteiger charge is 2.20. The molecule has 3 aromatic rings. The van der Waals surface area contributed by atoms with E-state index in [0.29, 0.717) is 18.7 Å². The van der Waals surface area contributed by atoms with E-state index in [2.05, 4.69) is 28.1 Å². The molecule has 0 radical (unpaired) electrons. The van der Waals surface area contributed by atoms with Crippen molar-refractivity contribution in [2.75, 3.05) is 19.7 Å². The van der Waals surface area contributed by atoms with Crippen LogP contribution < -0.4 is 4.74 Å². The Morgan fingerprint density at radius 3 is 2.74 bits per heavy atom. The van der Waals surface area contributed by atoms with Crippen LogP contribution in [0.25, 0.3) is 10.9 Å². The number of para-hydroxylation sites is 1. The minimum Gasteiger partial charge on any atom is -0.491 e. The van der Waals surface area contributed by atoms with Crippen LogP contribution in [0.4, 0.5) is 4.39 Å². The van der Waals surface area contributed by atoms with Gasteiger partial charge in [-0.2, -0.15) is 0 Å². The van der Waals surface area contributed by atoms with E-state index in [9.17, 15) is 14.6 Å². The molecule has 6 heteroatoms. The van der Waals surface area contributed by atoms with Crippen molar-refractivity contribution in [3.8, 4) is 5.75 Å². The Balaban J connectivity index is 1.44. The van der Waals surface area contributed by atoms with Crippen molar-refractivity contribution in [2.45, 2.75) is 50.9 Å². The quantitative estimate of drug-likeness (QED) is 0.579. The molecule has 4 rings (SSSR count). The first-order valence-corrected chi connectivity index (χ1v) is 11.1. The summed E-state index contributed by atoms with van der Waals surface area (Å²) in [4.78, 5) is 5.80. The molecule has 0 amide bonds. The summed E-state index contributed by atoms with van der Waals surface area (Å²) in [5.41, 5.74) is 3.08. The van der Waals surface area contributed by atoms with Crippen LogP contribution in [-0.2, 0) is 13.0 Å². The Morgan fingerprint density at radius 1 is 1.00 bits per heavy atom. The van der Waals surface area contributed by atoms with E-state index < -0.39 is 12.2 Å². The maximum Gasteiger partial charge on any atom is 0.123 e. The fraction of sp³-hybridized carbons (Fsp3) is 0.440. The van der Waals surface area contributed by atoms with Crippen molar-refractivity contribution in [3.05, 3.63) is 65.6 Å². The predicted molar refractivity (Wildman–Crippen MR) is 120 cm³/mol. The first kappa shape index (κ1) is 21.8. The molecule has 0 fully saturated rings. The van der Waals surface area contributed by atoms with Gasteiger partial charge in [-0.15, -0.1) is 0 Å². The van der Waals surface area contributed by atoms with Gasteiger partial charge in [0.25, 0.3) is 0 Å². The molecule has 5 nitrogen and oxygen atoms in total. The van der Waals surface area contributed by atoms with Crippen molar-refractivity contribution in [1.29, 1.82) is 0 Å². The van der Waals surface area contributed by atoms with Crippen LogP contribution >= 0.6 is 0 Å². The van der Waals surface area contributed by atoms with Crippen LogP contribution in [0.2, 0.25) is 0 Å². The lowest BCUT2D eigenvalue weighted by Crippen LogP contribution is -2.36. The van der Waals surface area contributed by atoms with E-state index >= 15 is 0 Å². The molecule has 0 aliphatic carbocycles. The molecule has 0 saturated heterocycles. The Hall–Kier alpha value is -2.41. The van der Waals surface area contributed by atoms with Crippen molar-refractivity contribution >= 4 is 10.9 Å². The van der Waals surface area contributed by atoms with E-state index in [1.807, 2.05) is 12.1 Å². The third-order valence-electron chi connectivity index (χ3n) is 6.02. The number of aromatic nitrogens is 1. The number of nitrogens with zero attached hydrogens (tertiary/aromatic N) is 1. The highest BCUT2D eigenvalue weighted by atomic mass is 19.1. The fourth-order valence-corrected chi connectivity index (χ4v) is 4.23. The zero-order chi connectivity index (χ0) is 21.6. The molecule has 2 atom stereocenters. The van der Waals surface area contributed by atoms with Crippen molar-refractivity contribution in [2.24, 2.45) is 0 Å². The largest absolute Gasteiger partial charge is 0.491 e. The van der Waals surface area contributed by atoms with Crippen LogP contribution in [0.3, 0.4) is 0 Å². The molecule has 0 unspecified atom stereocenters. The fourth-order valence-electron chi connectivity index (χ4n) is 4.23. The van der Waals surface area contributed by atoms with E-state index in [1.54, 1.807) is 6.07 Å². The summed E-state index contributed by atoms with van der Waals surface area (Å²) in [5, 5.41) is 22.0. The van der Waals surface area contributed by atoms with E-state index in [1.165, 1.54) is 17.5 Å². The second kappa shape index (κ2) is 10.3. The standard InChI is InChI=1S/C25H31FN2O3/c26-20-9-10-25-19(14-20)7-2-1-5-12-28(13-11-23(29)24(30)17-31-25)16-21-15-18-6-3-4-8-22(18)27-21/h3-4,6,8-10,14-15,23-24,27,29-30H,1-2,5,7,11-13,16-17H2/t23-,24+/m0/s1. The topological polar surface area (TPSA) is 68.7 Å². The molecular weight excluding hydrogens is 395 g/mol. The number of ether oxygens (including phenoxy) is 1. The number of fused-ring (bicyclic) bond motifs is 2. The summed E-state index contributed by atoms with van der Waals surface area (Å²) in [6.45, 7) is 2.35. The molecule has 166 valence electrons. The van der Waals surface area contributed by atoms with Gasteiger partial charge >= 0.3 is 0 Å². The first-order chi connectivity index (χ1) is 15.1. The molecule has 2 heterocycles. The zero-order valence-electron chi connectivity index (χ0n) is 17.8. The summed E-state index contributed by atoms with van der Waals surface area (Å²) >= 11 is 0. The summed E-state index contributed by atoms with van der Waals surface area (Å²) in [7, 11) is 0. The lowest BCUT2D eigenvalue weighted by atomic mass is 10.0. The van der Waals surface area contributed by atoms with Crippen molar-refractivity contribution in [3.63, 3.8) is 0 Å². The lowest BCUT2D eigenvalue weighted by Gasteiger charge is -2.26. The molecule has 1 aliphatic heterocycles. The third kappa shape index (κ3) is 5.85. The minimum atomic E-state index is -0.990. The van der Waals surface area contributed by atoms with Crippen LogP contribution in [0, 0.1) is 5.82 Å². The zero-order valence-corrected chi connectivity index (χ0v) is 17.8. The molecule has 0 bridgehead atoms. The highest BCUT2D eigenvalue weighted by molar-refractivity contribution is 5.80. The molecule has 31 heavy (non-hydrogen) atoms. The summed E-state index contributed by atoms with van der Waals surface area (Å²) in [5.74, 6) is 0.304. The van der Waals surface area contributed by atoms with Crippen LogP contribution in [0.1, 0.15) is 36.9 Å². The van der Waals surface area contributed by atoms with Gasteiger partial charge in [0.1, 0.15) is 24.3 Å². The first-order valence-electron chi connectivity index (χ1n) is 11.1. The number of aliphatic hydroxyl groups is 2. The summed E-state index contributed by atoms with van der Waals surface area (Å²) in [6, 6.07) is 14.9. The van der Waals surface area contributed by atoms with E-state index in [0.717, 1.165) is 55.5 Å². The number of H-pyrrole nitrogens is 1. The summed E-state index contributed by atoms with van der Waals surface area (Å²) < 4.78 is 19.4. The van der Waals surface area contributed by atoms with Crippen molar-refractivity contribution in [1.82, 2.24) is 9.88 Å². The molecular formula is C25H31FN2O3. The number of hydrogen-bond acceptors (Lipinski definition) is 4. The van der Waals surface area contributed by atoms with Gasteiger partial charge in [0.15, 0.2) is 0 Å². The number of nitrogens with one attached hydrogen (secondary N) is 1. The molecule has 0 saturated carbocycles. The minimum absolute atomic E-state index is 0.0121. The van der Waals surface area contributed by atoms with Crippen LogP contribution in [0.5, 0.6) is 5.75 Å². The van der Waals surface area contributed by atoms with Gasteiger partial charge < -0.3 is 19.9 Å².